The molecule has 0 atom stereocenters. The maximum Gasteiger partial charge on any atom is 0.237 e. The van der Waals surface area contributed by atoms with Crippen molar-refractivity contribution < 1.29 is 4.79 Å². The molecule has 2 aliphatic rings. The SMILES string of the molecule is Cc1cccc(CN2CCN(Cc3cnc(N4CCCC4)nc3)CC2=O)c1. The Hall–Kier alpha value is -2.47. The fraction of sp³-hybridized carbons (Fsp3) is 0.476. The van der Waals surface area contributed by atoms with Crippen molar-refractivity contribution in [2.75, 3.05) is 37.6 Å². The lowest BCUT2D eigenvalue weighted by Crippen LogP contribution is -2.49. The summed E-state index contributed by atoms with van der Waals surface area (Å²) in [6.07, 6.45) is 6.26. The van der Waals surface area contributed by atoms with Gasteiger partial charge >= 0.3 is 0 Å². The van der Waals surface area contributed by atoms with Gasteiger partial charge in [0.25, 0.3) is 0 Å². The Bertz CT molecular complexity index is 785. The Morgan fingerprint density at radius 1 is 0.963 bits per heavy atom. The Kier molecular flexibility index (Phi) is 5.34. The average molecular weight is 365 g/mol. The molecule has 0 saturated carbocycles. The minimum Gasteiger partial charge on any atom is -0.341 e. The van der Waals surface area contributed by atoms with Crippen LogP contribution >= 0.6 is 0 Å². The summed E-state index contributed by atoms with van der Waals surface area (Å²) in [5.74, 6) is 1.02. The lowest BCUT2D eigenvalue weighted by molar-refractivity contribution is -0.136. The Morgan fingerprint density at radius 3 is 2.44 bits per heavy atom. The number of benzene rings is 1. The van der Waals surface area contributed by atoms with E-state index in [0.717, 1.165) is 44.2 Å². The predicted molar refractivity (Wildman–Crippen MR) is 105 cm³/mol. The topological polar surface area (TPSA) is 52.6 Å². The van der Waals surface area contributed by atoms with Crippen LogP contribution in [0.2, 0.25) is 0 Å². The van der Waals surface area contributed by atoms with E-state index in [0.29, 0.717) is 13.1 Å². The molecule has 6 heteroatoms. The van der Waals surface area contributed by atoms with Crippen molar-refractivity contribution in [3.63, 3.8) is 0 Å². The van der Waals surface area contributed by atoms with Crippen molar-refractivity contribution in [3.8, 4) is 0 Å². The number of hydrogen-bond donors (Lipinski definition) is 0. The van der Waals surface area contributed by atoms with Crippen molar-refractivity contribution >= 4 is 11.9 Å². The minimum absolute atomic E-state index is 0.192. The molecule has 0 radical (unpaired) electrons. The number of nitrogens with zero attached hydrogens (tertiary/aromatic N) is 5. The number of carbonyl (C=O) groups is 1. The van der Waals surface area contributed by atoms with Gasteiger partial charge in [0.2, 0.25) is 11.9 Å². The number of amides is 1. The summed E-state index contributed by atoms with van der Waals surface area (Å²) in [5.41, 5.74) is 3.50. The molecule has 1 aromatic heterocycles. The zero-order valence-corrected chi connectivity index (χ0v) is 16.0. The molecule has 4 rings (SSSR count). The lowest BCUT2D eigenvalue weighted by atomic mass is 10.1. The largest absolute Gasteiger partial charge is 0.341 e. The molecule has 0 N–H and O–H groups in total. The first-order valence-electron chi connectivity index (χ1n) is 9.79. The van der Waals surface area contributed by atoms with Crippen LogP contribution in [0.4, 0.5) is 5.95 Å². The molecule has 0 unspecified atom stereocenters. The van der Waals surface area contributed by atoms with Gasteiger partial charge in [-0.15, -0.1) is 0 Å². The highest BCUT2D eigenvalue weighted by Crippen LogP contribution is 2.16. The van der Waals surface area contributed by atoms with Crippen molar-refractivity contribution in [2.24, 2.45) is 0 Å². The first-order chi connectivity index (χ1) is 13.2. The molecular formula is C21H27N5O. The molecule has 2 fully saturated rings. The van der Waals surface area contributed by atoms with Crippen molar-refractivity contribution in [3.05, 3.63) is 53.3 Å². The van der Waals surface area contributed by atoms with Crippen LogP contribution in [0.1, 0.15) is 29.5 Å². The molecule has 0 bridgehead atoms. The molecule has 6 nitrogen and oxygen atoms in total. The van der Waals surface area contributed by atoms with E-state index in [1.807, 2.05) is 17.3 Å². The zero-order chi connectivity index (χ0) is 18.6. The monoisotopic (exact) mass is 365 g/mol. The highest BCUT2D eigenvalue weighted by atomic mass is 16.2. The summed E-state index contributed by atoms with van der Waals surface area (Å²) < 4.78 is 0. The van der Waals surface area contributed by atoms with Crippen molar-refractivity contribution in [1.82, 2.24) is 19.8 Å². The Labute approximate surface area is 160 Å². The summed E-state index contributed by atoms with van der Waals surface area (Å²) in [6, 6.07) is 8.38. The van der Waals surface area contributed by atoms with E-state index in [1.54, 1.807) is 0 Å². The van der Waals surface area contributed by atoms with E-state index in [9.17, 15) is 4.79 Å². The number of aromatic nitrogens is 2. The van der Waals surface area contributed by atoms with Gasteiger partial charge in [0.1, 0.15) is 0 Å². The van der Waals surface area contributed by atoms with Crippen molar-refractivity contribution in [2.45, 2.75) is 32.9 Å². The van der Waals surface area contributed by atoms with Gasteiger partial charge in [-0.25, -0.2) is 9.97 Å². The maximum atomic E-state index is 12.6. The fourth-order valence-electron chi connectivity index (χ4n) is 3.86. The number of carbonyl (C=O) groups excluding carboxylic acids is 1. The van der Waals surface area contributed by atoms with Crippen LogP contribution in [0.3, 0.4) is 0 Å². The quantitative estimate of drug-likeness (QED) is 0.813. The first kappa shape index (κ1) is 17.9. The predicted octanol–water partition coefficient (Wildman–Crippen LogP) is 2.23. The first-order valence-corrected chi connectivity index (χ1v) is 9.79. The Balaban J connectivity index is 1.31. The second-order valence-electron chi connectivity index (χ2n) is 7.60. The van der Waals surface area contributed by atoms with Crippen LogP contribution in [0.15, 0.2) is 36.7 Å². The van der Waals surface area contributed by atoms with Gasteiger partial charge in [0, 0.05) is 57.2 Å². The molecule has 142 valence electrons. The summed E-state index contributed by atoms with van der Waals surface area (Å²) in [5, 5.41) is 0. The molecule has 2 aromatic rings. The third-order valence-electron chi connectivity index (χ3n) is 5.34. The minimum atomic E-state index is 0.192. The zero-order valence-electron chi connectivity index (χ0n) is 16.0. The molecule has 0 aliphatic carbocycles. The fourth-order valence-corrected chi connectivity index (χ4v) is 3.86. The highest BCUT2D eigenvalue weighted by Gasteiger charge is 2.24. The summed E-state index contributed by atoms with van der Waals surface area (Å²) in [6.45, 7) is 7.71. The molecular weight excluding hydrogens is 338 g/mol. The van der Waals surface area contributed by atoms with E-state index in [2.05, 4.69) is 51.0 Å². The number of piperazine rings is 1. The van der Waals surface area contributed by atoms with Crippen molar-refractivity contribution in [1.29, 1.82) is 0 Å². The molecule has 2 saturated heterocycles. The van der Waals surface area contributed by atoms with Crippen LogP contribution < -0.4 is 4.90 Å². The van der Waals surface area contributed by atoms with Gasteiger partial charge in [0.15, 0.2) is 0 Å². The van der Waals surface area contributed by atoms with Crippen LogP contribution in [-0.4, -0.2) is 58.4 Å². The van der Waals surface area contributed by atoms with Gasteiger partial charge in [-0.05, 0) is 25.3 Å². The third-order valence-corrected chi connectivity index (χ3v) is 5.34. The highest BCUT2D eigenvalue weighted by molar-refractivity contribution is 5.79. The molecule has 1 aromatic carbocycles. The van der Waals surface area contributed by atoms with E-state index >= 15 is 0 Å². The van der Waals surface area contributed by atoms with E-state index in [4.69, 9.17) is 0 Å². The van der Waals surface area contributed by atoms with E-state index in [1.165, 1.54) is 24.0 Å². The van der Waals surface area contributed by atoms with Crippen LogP contribution in [-0.2, 0) is 17.9 Å². The van der Waals surface area contributed by atoms with Crippen LogP contribution in [0.25, 0.3) is 0 Å². The molecule has 2 aliphatic heterocycles. The second-order valence-corrected chi connectivity index (χ2v) is 7.60. The number of anilines is 1. The second kappa shape index (κ2) is 8.05. The number of hydrogen-bond acceptors (Lipinski definition) is 5. The molecule has 1 amide bonds. The maximum absolute atomic E-state index is 12.6. The van der Waals surface area contributed by atoms with E-state index in [-0.39, 0.29) is 5.91 Å². The molecule has 27 heavy (non-hydrogen) atoms. The molecule has 3 heterocycles. The number of aryl methyl sites for hydroxylation is 1. The van der Waals surface area contributed by atoms with Gasteiger partial charge < -0.3 is 9.80 Å². The standard InChI is InChI=1S/C21H27N5O/c1-17-5-4-6-18(11-17)15-26-10-9-24(16-20(26)27)14-19-12-22-21(23-13-19)25-7-2-3-8-25/h4-6,11-13H,2-3,7-10,14-16H2,1H3. The summed E-state index contributed by atoms with van der Waals surface area (Å²) in [7, 11) is 0. The number of rotatable bonds is 5. The van der Waals surface area contributed by atoms with Gasteiger partial charge in [-0.2, -0.15) is 0 Å². The lowest BCUT2D eigenvalue weighted by Gasteiger charge is -2.34. The van der Waals surface area contributed by atoms with Crippen LogP contribution in [0.5, 0.6) is 0 Å². The third kappa shape index (κ3) is 4.45. The van der Waals surface area contributed by atoms with Crippen LogP contribution in [0, 0.1) is 6.92 Å². The van der Waals surface area contributed by atoms with Gasteiger partial charge in [-0.3, -0.25) is 9.69 Å². The molecule has 0 spiro atoms. The van der Waals surface area contributed by atoms with Gasteiger partial charge in [-0.1, -0.05) is 29.8 Å². The average Bonchev–Trinajstić information content (AvgIpc) is 3.19. The van der Waals surface area contributed by atoms with E-state index < -0.39 is 0 Å². The summed E-state index contributed by atoms with van der Waals surface area (Å²) in [4.78, 5) is 28.0. The summed E-state index contributed by atoms with van der Waals surface area (Å²) >= 11 is 0. The smallest absolute Gasteiger partial charge is 0.237 e. The normalized spacial score (nSPS) is 18.3. The van der Waals surface area contributed by atoms with Gasteiger partial charge in [0.05, 0.1) is 6.54 Å². The Morgan fingerprint density at radius 2 is 1.74 bits per heavy atom.